The number of rotatable bonds is 6. The Morgan fingerprint density at radius 2 is 1.56 bits per heavy atom. The van der Waals surface area contributed by atoms with Crippen molar-refractivity contribution in [3.63, 3.8) is 0 Å². The molecule has 1 aliphatic heterocycles. The molecule has 0 saturated carbocycles. The number of esters is 1. The number of hydrogen-bond acceptors (Lipinski definition) is 5. The first kappa shape index (κ1) is 19.5. The second-order valence-corrected chi connectivity index (χ2v) is 8.57. The monoisotopic (exact) mass is 388 g/mol. The molecule has 1 heterocycles. The summed E-state index contributed by atoms with van der Waals surface area (Å²) >= 11 is 0. The van der Waals surface area contributed by atoms with E-state index in [9.17, 15) is 13.2 Å². The Morgan fingerprint density at radius 1 is 0.926 bits per heavy atom. The van der Waals surface area contributed by atoms with E-state index >= 15 is 0 Å². The minimum absolute atomic E-state index is 0.0445. The molecule has 1 aliphatic rings. The van der Waals surface area contributed by atoms with E-state index in [1.807, 2.05) is 42.5 Å². The number of hydrogen-bond donors (Lipinski definition) is 0. The molecular formula is C20H24N2O4S. The highest BCUT2D eigenvalue weighted by Crippen LogP contribution is 2.15. The Balaban J connectivity index is 1.53. The molecule has 0 aromatic heterocycles. The van der Waals surface area contributed by atoms with Crippen LogP contribution >= 0.6 is 0 Å². The number of sulfonamides is 1. The lowest BCUT2D eigenvalue weighted by Gasteiger charge is -2.34. The van der Waals surface area contributed by atoms with Gasteiger partial charge in [-0.3, -0.25) is 4.90 Å². The quantitative estimate of drug-likeness (QED) is 0.709. The molecule has 0 spiro atoms. The van der Waals surface area contributed by atoms with Gasteiger partial charge in [0.1, 0.15) is 0 Å². The van der Waals surface area contributed by atoms with Crippen molar-refractivity contribution in [2.24, 2.45) is 0 Å². The molecule has 0 bridgehead atoms. The van der Waals surface area contributed by atoms with Crippen LogP contribution in [0.25, 0.3) is 0 Å². The maximum absolute atomic E-state index is 12.6. The van der Waals surface area contributed by atoms with Gasteiger partial charge in [0.05, 0.1) is 18.4 Å². The fraction of sp³-hybridized carbons (Fsp3) is 0.350. The van der Waals surface area contributed by atoms with Crippen molar-refractivity contribution in [2.45, 2.75) is 12.3 Å². The van der Waals surface area contributed by atoms with Gasteiger partial charge < -0.3 is 4.74 Å². The average molecular weight is 388 g/mol. The summed E-state index contributed by atoms with van der Waals surface area (Å²) in [5.74, 6) is -0.304. The number of ether oxygens (including phenoxy) is 1. The van der Waals surface area contributed by atoms with Gasteiger partial charge in [0.15, 0.2) is 0 Å². The number of piperazine rings is 1. The van der Waals surface area contributed by atoms with E-state index in [0.717, 1.165) is 17.7 Å². The highest BCUT2D eigenvalue weighted by molar-refractivity contribution is 7.88. The summed E-state index contributed by atoms with van der Waals surface area (Å²) in [6.07, 6.45) is 0. The molecule has 0 unspecified atom stereocenters. The lowest BCUT2D eigenvalue weighted by atomic mass is 10.1. The van der Waals surface area contributed by atoms with E-state index in [-0.39, 0.29) is 11.7 Å². The number of methoxy groups -OCH3 is 1. The van der Waals surface area contributed by atoms with E-state index < -0.39 is 10.0 Å². The molecule has 0 amide bonds. The van der Waals surface area contributed by atoms with Crippen molar-refractivity contribution in [1.29, 1.82) is 0 Å². The minimum atomic E-state index is -3.30. The normalized spacial score (nSPS) is 16.2. The summed E-state index contributed by atoms with van der Waals surface area (Å²) in [5, 5.41) is 0. The lowest BCUT2D eigenvalue weighted by molar-refractivity contribution is 0.0600. The van der Waals surface area contributed by atoms with E-state index in [1.54, 1.807) is 16.4 Å². The molecule has 144 valence electrons. The minimum Gasteiger partial charge on any atom is -0.465 e. The SMILES string of the molecule is COC(=O)c1ccc(CN2CCN(S(=O)(=O)Cc3ccccc3)CC2)cc1. The largest absolute Gasteiger partial charge is 0.465 e. The van der Waals surface area contributed by atoms with Gasteiger partial charge in [0.25, 0.3) is 0 Å². The van der Waals surface area contributed by atoms with Gasteiger partial charge in [0.2, 0.25) is 10.0 Å². The number of carbonyl (C=O) groups is 1. The van der Waals surface area contributed by atoms with Crippen LogP contribution in [-0.4, -0.2) is 56.9 Å². The van der Waals surface area contributed by atoms with Crippen molar-refractivity contribution in [3.05, 3.63) is 71.3 Å². The van der Waals surface area contributed by atoms with Crippen LogP contribution in [-0.2, 0) is 27.1 Å². The molecule has 2 aromatic carbocycles. The zero-order valence-electron chi connectivity index (χ0n) is 15.4. The number of nitrogens with zero attached hydrogens (tertiary/aromatic N) is 2. The molecule has 27 heavy (non-hydrogen) atoms. The second-order valence-electron chi connectivity index (χ2n) is 6.61. The highest BCUT2D eigenvalue weighted by atomic mass is 32.2. The van der Waals surface area contributed by atoms with E-state index in [0.29, 0.717) is 31.7 Å². The highest BCUT2D eigenvalue weighted by Gasteiger charge is 2.27. The van der Waals surface area contributed by atoms with Gasteiger partial charge in [-0.25, -0.2) is 13.2 Å². The summed E-state index contributed by atoms with van der Waals surface area (Å²) in [7, 11) is -1.93. The third-order valence-corrected chi connectivity index (χ3v) is 6.55. The molecular weight excluding hydrogens is 364 g/mol. The molecule has 0 atom stereocenters. The van der Waals surface area contributed by atoms with Crippen LogP contribution < -0.4 is 0 Å². The standard InChI is InChI=1S/C20H24N2O4S/c1-26-20(23)19-9-7-17(8-10-19)15-21-11-13-22(14-12-21)27(24,25)16-18-5-3-2-4-6-18/h2-10H,11-16H2,1H3. The fourth-order valence-corrected chi connectivity index (χ4v) is 4.68. The van der Waals surface area contributed by atoms with E-state index in [4.69, 9.17) is 4.74 Å². The van der Waals surface area contributed by atoms with Gasteiger partial charge in [-0.1, -0.05) is 42.5 Å². The zero-order chi connectivity index (χ0) is 19.3. The van der Waals surface area contributed by atoms with Crippen LogP contribution in [0.1, 0.15) is 21.5 Å². The van der Waals surface area contributed by atoms with Gasteiger partial charge >= 0.3 is 5.97 Å². The summed E-state index contributed by atoms with van der Waals surface area (Å²) in [5.41, 5.74) is 2.42. The van der Waals surface area contributed by atoms with Crippen molar-refractivity contribution >= 4 is 16.0 Å². The second kappa shape index (κ2) is 8.65. The van der Waals surface area contributed by atoms with Crippen LogP contribution in [0.5, 0.6) is 0 Å². The topological polar surface area (TPSA) is 66.9 Å². The molecule has 0 N–H and O–H groups in total. The maximum Gasteiger partial charge on any atom is 0.337 e. The van der Waals surface area contributed by atoms with Crippen LogP contribution in [0.15, 0.2) is 54.6 Å². The first-order valence-electron chi connectivity index (χ1n) is 8.89. The first-order valence-corrected chi connectivity index (χ1v) is 10.5. The Kier molecular flexibility index (Phi) is 6.26. The Hall–Kier alpha value is -2.22. The van der Waals surface area contributed by atoms with Crippen LogP contribution in [0.2, 0.25) is 0 Å². The van der Waals surface area contributed by atoms with Gasteiger partial charge in [0, 0.05) is 32.7 Å². The van der Waals surface area contributed by atoms with Crippen molar-refractivity contribution in [1.82, 2.24) is 9.21 Å². The summed E-state index contributed by atoms with van der Waals surface area (Å²) in [4.78, 5) is 13.7. The van der Waals surface area contributed by atoms with Gasteiger partial charge in [-0.05, 0) is 23.3 Å². The third-order valence-electron chi connectivity index (χ3n) is 4.70. The summed E-state index contributed by atoms with van der Waals surface area (Å²) in [6, 6.07) is 16.6. The Labute approximate surface area is 160 Å². The fourth-order valence-electron chi connectivity index (χ4n) is 3.16. The van der Waals surface area contributed by atoms with Gasteiger partial charge in [-0.15, -0.1) is 0 Å². The number of carbonyl (C=O) groups excluding carboxylic acids is 1. The van der Waals surface area contributed by atoms with E-state index in [2.05, 4.69) is 4.90 Å². The average Bonchev–Trinajstić information content (AvgIpc) is 2.69. The van der Waals surface area contributed by atoms with Crippen LogP contribution in [0.3, 0.4) is 0 Å². The first-order chi connectivity index (χ1) is 13.0. The molecule has 7 heteroatoms. The molecule has 1 fully saturated rings. The number of benzene rings is 2. The summed E-state index contributed by atoms with van der Waals surface area (Å²) in [6.45, 7) is 3.10. The molecule has 0 radical (unpaired) electrons. The molecule has 6 nitrogen and oxygen atoms in total. The predicted molar refractivity (Wildman–Crippen MR) is 104 cm³/mol. The molecule has 0 aliphatic carbocycles. The zero-order valence-corrected chi connectivity index (χ0v) is 16.2. The molecule has 2 aromatic rings. The lowest BCUT2D eigenvalue weighted by Crippen LogP contribution is -2.48. The third kappa shape index (κ3) is 5.15. The molecule has 1 saturated heterocycles. The van der Waals surface area contributed by atoms with Crippen LogP contribution in [0.4, 0.5) is 0 Å². The predicted octanol–water partition coefficient (Wildman–Crippen LogP) is 2.12. The van der Waals surface area contributed by atoms with Crippen molar-refractivity contribution in [3.8, 4) is 0 Å². The maximum atomic E-state index is 12.6. The smallest absolute Gasteiger partial charge is 0.337 e. The molecule has 3 rings (SSSR count). The Morgan fingerprint density at radius 3 is 2.15 bits per heavy atom. The summed E-state index contributed by atoms with van der Waals surface area (Å²) < 4.78 is 31.5. The Bertz CT molecular complexity index is 859. The van der Waals surface area contributed by atoms with Crippen LogP contribution in [0, 0.1) is 0 Å². The van der Waals surface area contributed by atoms with Crippen molar-refractivity contribution < 1.29 is 17.9 Å². The van der Waals surface area contributed by atoms with E-state index in [1.165, 1.54) is 7.11 Å². The van der Waals surface area contributed by atoms with Crippen molar-refractivity contribution in [2.75, 3.05) is 33.3 Å². The van der Waals surface area contributed by atoms with Gasteiger partial charge in [-0.2, -0.15) is 4.31 Å².